The number of aromatic amines is 1. The molecule has 1 amide bonds. The first-order valence-electron chi connectivity index (χ1n) is 11.3. The Balaban J connectivity index is 1.23. The van der Waals surface area contributed by atoms with Gasteiger partial charge in [0.2, 0.25) is 17.0 Å². The highest BCUT2D eigenvalue weighted by atomic mass is 79.9. The highest BCUT2D eigenvalue weighted by Gasteiger charge is 2.08. The van der Waals surface area contributed by atoms with Gasteiger partial charge in [-0.25, -0.2) is 10.5 Å². The molecule has 0 radical (unpaired) electrons. The molecule has 9 nitrogen and oxygen atoms in total. The van der Waals surface area contributed by atoms with Crippen LogP contribution in [0.1, 0.15) is 16.7 Å². The topological polar surface area (TPSA) is 114 Å². The number of rotatable bonds is 12. The molecular formula is C26H25BrN6O3S. The van der Waals surface area contributed by atoms with E-state index in [0.717, 1.165) is 26.9 Å². The first-order valence-corrected chi connectivity index (χ1v) is 13.1. The zero-order chi connectivity index (χ0) is 25.9. The standard InChI is InChI=1S/C26H25BrN6O3S/c1-35-22-11-9-18(10-12-22)14-28-24(34)17-37-26-30-25(32-33-26)31-29-15-20-6-2-3-8-23(20)36-16-19-5-4-7-21(27)13-19/h2-13,15H,14,16-17H2,1H3,(H,28,34)(H2,30,31,32,33)/b29-15-. The number of hydrogen-bond acceptors (Lipinski definition) is 8. The fourth-order valence-electron chi connectivity index (χ4n) is 3.16. The van der Waals surface area contributed by atoms with E-state index in [1.165, 1.54) is 11.8 Å². The molecule has 3 N–H and O–H groups in total. The highest BCUT2D eigenvalue weighted by Crippen LogP contribution is 2.19. The number of anilines is 1. The van der Waals surface area contributed by atoms with Crippen molar-refractivity contribution in [2.75, 3.05) is 18.3 Å². The maximum atomic E-state index is 12.2. The summed E-state index contributed by atoms with van der Waals surface area (Å²) in [5.41, 5.74) is 5.68. The van der Waals surface area contributed by atoms with Crippen LogP contribution >= 0.6 is 27.7 Å². The van der Waals surface area contributed by atoms with Crippen LogP contribution in [0.15, 0.2) is 87.5 Å². The van der Waals surface area contributed by atoms with Crippen LogP contribution in [-0.4, -0.2) is 40.2 Å². The van der Waals surface area contributed by atoms with Gasteiger partial charge in [0.1, 0.15) is 18.1 Å². The number of para-hydroxylation sites is 1. The molecule has 0 atom stereocenters. The van der Waals surface area contributed by atoms with Crippen LogP contribution in [0.5, 0.6) is 11.5 Å². The Hall–Kier alpha value is -3.83. The van der Waals surface area contributed by atoms with E-state index in [-0.39, 0.29) is 11.7 Å². The minimum atomic E-state index is -0.113. The van der Waals surface area contributed by atoms with Crippen LogP contribution in [0.4, 0.5) is 5.95 Å². The molecule has 0 spiro atoms. The Labute approximate surface area is 227 Å². The molecule has 4 rings (SSSR count). The Morgan fingerprint density at radius 2 is 1.95 bits per heavy atom. The molecule has 3 aromatic carbocycles. The van der Waals surface area contributed by atoms with Gasteiger partial charge in [-0.3, -0.25) is 4.79 Å². The average Bonchev–Trinajstić information content (AvgIpc) is 3.38. The van der Waals surface area contributed by atoms with Gasteiger partial charge in [0.15, 0.2) is 0 Å². The van der Waals surface area contributed by atoms with Crippen LogP contribution in [0.25, 0.3) is 0 Å². The zero-order valence-electron chi connectivity index (χ0n) is 20.0. The van der Waals surface area contributed by atoms with Crippen molar-refractivity contribution in [2.45, 2.75) is 18.3 Å². The molecule has 37 heavy (non-hydrogen) atoms. The lowest BCUT2D eigenvalue weighted by Gasteiger charge is -2.09. The Morgan fingerprint density at radius 1 is 1.11 bits per heavy atom. The molecule has 0 aliphatic heterocycles. The van der Waals surface area contributed by atoms with E-state index in [2.05, 4.69) is 47.0 Å². The number of hydrazone groups is 1. The van der Waals surface area contributed by atoms with E-state index in [1.54, 1.807) is 13.3 Å². The summed E-state index contributed by atoms with van der Waals surface area (Å²) < 4.78 is 12.1. The Bertz CT molecular complexity index is 1350. The number of nitrogens with zero attached hydrogens (tertiary/aromatic N) is 3. The van der Waals surface area contributed by atoms with E-state index in [4.69, 9.17) is 9.47 Å². The maximum Gasteiger partial charge on any atom is 0.240 e. The van der Waals surface area contributed by atoms with Crippen molar-refractivity contribution in [2.24, 2.45) is 5.10 Å². The molecule has 11 heteroatoms. The third-order valence-corrected chi connectivity index (χ3v) is 6.36. The number of hydrogen-bond donors (Lipinski definition) is 3. The van der Waals surface area contributed by atoms with Crippen LogP contribution in [0.2, 0.25) is 0 Å². The molecular weight excluding hydrogens is 556 g/mol. The number of H-pyrrole nitrogens is 1. The maximum absolute atomic E-state index is 12.2. The molecule has 0 bridgehead atoms. The van der Waals surface area contributed by atoms with Gasteiger partial charge in [0.05, 0.1) is 19.1 Å². The number of aromatic nitrogens is 3. The number of amides is 1. The summed E-state index contributed by atoms with van der Waals surface area (Å²) in [6, 6.07) is 23.1. The molecule has 4 aromatic rings. The van der Waals surface area contributed by atoms with Gasteiger partial charge in [0.25, 0.3) is 0 Å². The molecule has 0 fully saturated rings. The SMILES string of the molecule is COc1ccc(CNC(=O)CSc2n[nH]c(N/N=C\c3ccccc3OCc3cccc(Br)c3)n2)cc1. The molecule has 0 aliphatic carbocycles. The van der Waals surface area contributed by atoms with E-state index in [9.17, 15) is 4.79 Å². The Kier molecular flexibility index (Phi) is 9.55. The number of benzene rings is 3. The summed E-state index contributed by atoms with van der Waals surface area (Å²) in [5.74, 6) is 1.93. The second-order valence-corrected chi connectivity index (χ2v) is 9.56. The summed E-state index contributed by atoms with van der Waals surface area (Å²) in [5, 5.41) is 14.4. The largest absolute Gasteiger partial charge is 0.497 e. The molecule has 0 unspecified atom stereocenters. The predicted octanol–water partition coefficient (Wildman–Crippen LogP) is 5.01. The zero-order valence-corrected chi connectivity index (χ0v) is 22.4. The van der Waals surface area contributed by atoms with Gasteiger partial charge >= 0.3 is 0 Å². The number of methoxy groups -OCH3 is 1. The number of ether oxygens (including phenoxy) is 2. The van der Waals surface area contributed by atoms with Gasteiger partial charge in [-0.2, -0.15) is 10.1 Å². The minimum Gasteiger partial charge on any atom is -0.497 e. The van der Waals surface area contributed by atoms with E-state index >= 15 is 0 Å². The van der Waals surface area contributed by atoms with E-state index in [1.807, 2.05) is 72.8 Å². The third-order valence-electron chi connectivity index (χ3n) is 5.02. The second-order valence-electron chi connectivity index (χ2n) is 7.71. The lowest BCUT2D eigenvalue weighted by atomic mass is 10.2. The van der Waals surface area contributed by atoms with Gasteiger partial charge in [0, 0.05) is 16.6 Å². The number of carbonyl (C=O) groups is 1. The summed E-state index contributed by atoms with van der Waals surface area (Å²) in [6.45, 7) is 0.876. The lowest BCUT2D eigenvalue weighted by Crippen LogP contribution is -2.24. The van der Waals surface area contributed by atoms with Crippen molar-refractivity contribution >= 4 is 45.8 Å². The van der Waals surface area contributed by atoms with Crippen molar-refractivity contribution in [1.82, 2.24) is 20.5 Å². The fraction of sp³-hybridized carbons (Fsp3) is 0.154. The summed E-state index contributed by atoms with van der Waals surface area (Å²) in [7, 11) is 1.62. The lowest BCUT2D eigenvalue weighted by molar-refractivity contribution is -0.118. The number of nitrogens with one attached hydrogen (secondary N) is 3. The van der Waals surface area contributed by atoms with Gasteiger partial charge in [-0.05, 0) is 47.5 Å². The molecule has 0 saturated heterocycles. The van der Waals surface area contributed by atoms with Crippen molar-refractivity contribution in [1.29, 1.82) is 0 Å². The van der Waals surface area contributed by atoms with Crippen molar-refractivity contribution in [3.63, 3.8) is 0 Å². The summed E-state index contributed by atoms with van der Waals surface area (Å²) >= 11 is 4.70. The molecule has 1 aromatic heterocycles. The van der Waals surface area contributed by atoms with Gasteiger partial charge in [-0.15, -0.1) is 5.10 Å². The van der Waals surface area contributed by atoms with Crippen LogP contribution in [0, 0.1) is 0 Å². The summed E-state index contributed by atoms with van der Waals surface area (Å²) in [6.07, 6.45) is 1.65. The normalized spacial score (nSPS) is 10.9. The first-order chi connectivity index (χ1) is 18.1. The third kappa shape index (κ3) is 8.36. The highest BCUT2D eigenvalue weighted by molar-refractivity contribution is 9.10. The molecule has 0 saturated carbocycles. The van der Waals surface area contributed by atoms with Gasteiger partial charge < -0.3 is 14.8 Å². The van der Waals surface area contributed by atoms with Crippen LogP contribution in [0.3, 0.4) is 0 Å². The van der Waals surface area contributed by atoms with E-state index < -0.39 is 0 Å². The van der Waals surface area contributed by atoms with Crippen molar-refractivity contribution in [3.05, 3.63) is 94.0 Å². The average molecular weight is 581 g/mol. The Morgan fingerprint density at radius 3 is 2.76 bits per heavy atom. The second kappa shape index (κ2) is 13.5. The monoisotopic (exact) mass is 580 g/mol. The number of thioether (sulfide) groups is 1. The predicted molar refractivity (Wildman–Crippen MR) is 148 cm³/mol. The number of carbonyl (C=O) groups excluding carboxylic acids is 1. The molecule has 0 aliphatic rings. The quantitative estimate of drug-likeness (QED) is 0.123. The van der Waals surface area contributed by atoms with Crippen molar-refractivity contribution < 1.29 is 14.3 Å². The smallest absolute Gasteiger partial charge is 0.240 e. The first kappa shape index (κ1) is 26.2. The van der Waals surface area contributed by atoms with Crippen molar-refractivity contribution in [3.8, 4) is 11.5 Å². The molecule has 1 heterocycles. The fourth-order valence-corrected chi connectivity index (χ4v) is 4.23. The van der Waals surface area contributed by atoms with Crippen LogP contribution in [-0.2, 0) is 17.9 Å². The molecule has 190 valence electrons. The summed E-state index contributed by atoms with van der Waals surface area (Å²) in [4.78, 5) is 16.5. The minimum absolute atomic E-state index is 0.113. The van der Waals surface area contributed by atoms with Gasteiger partial charge in [-0.1, -0.05) is 64.1 Å². The number of halogens is 1. The van der Waals surface area contributed by atoms with E-state index in [0.29, 0.717) is 30.0 Å². The van der Waals surface area contributed by atoms with Crippen LogP contribution < -0.4 is 20.2 Å².